The molecule has 20 heavy (non-hydrogen) atoms. The SMILES string of the molecule is CC[C@@H](CO)N1CCN(Cc2ncc(C3CC3)o2)CC1. The van der Waals surface area contributed by atoms with Crippen LogP contribution in [0, 0.1) is 0 Å². The number of oxazole rings is 1. The first kappa shape index (κ1) is 14.0. The predicted molar refractivity (Wildman–Crippen MR) is 76.5 cm³/mol. The summed E-state index contributed by atoms with van der Waals surface area (Å²) >= 11 is 0. The smallest absolute Gasteiger partial charge is 0.208 e. The zero-order valence-corrected chi connectivity index (χ0v) is 12.3. The highest BCUT2D eigenvalue weighted by Gasteiger charge is 2.28. The summed E-state index contributed by atoms with van der Waals surface area (Å²) in [6.07, 6.45) is 5.43. The molecule has 1 N–H and O–H groups in total. The van der Waals surface area contributed by atoms with Crippen LogP contribution in [0.25, 0.3) is 0 Å². The van der Waals surface area contributed by atoms with E-state index in [0.717, 1.165) is 50.8 Å². The van der Waals surface area contributed by atoms with E-state index in [4.69, 9.17) is 4.42 Å². The van der Waals surface area contributed by atoms with E-state index in [1.54, 1.807) is 0 Å². The number of hydrogen-bond donors (Lipinski definition) is 1. The van der Waals surface area contributed by atoms with Crippen molar-refractivity contribution in [2.24, 2.45) is 0 Å². The lowest BCUT2D eigenvalue weighted by Crippen LogP contribution is -2.50. The van der Waals surface area contributed by atoms with Crippen LogP contribution in [-0.2, 0) is 6.54 Å². The van der Waals surface area contributed by atoms with Crippen molar-refractivity contribution in [3.63, 3.8) is 0 Å². The summed E-state index contributed by atoms with van der Waals surface area (Å²) in [6.45, 7) is 7.32. The van der Waals surface area contributed by atoms with Crippen molar-refractivity contribution in [1.29, 1.82) is 0 Å². The van der Waals surface area contributed by atoms with Gasteiger partial charge in [0.15, 0.2) is 0 Å². The first-order chi connectivity index (χ1) is 9.80. The van der Waals surface area contributed by atoms with Crippen molar-refractivity contribution < 1.29 is 9.52 Å². The summed E-state index contributed by atoms with van der Waals surface area (Å²) in [5.41, 5.74) is 0. The van der Waals surface area contributed by atoms with Crippen molar-refractivity contribution in [2.75, 3.05) is 32.8 Å². The molecule has 3 rings (SSSR count). The second-order valence-corrected chi connectivity index (χ2v) is 5.99. The molecular weight excluding hydrogens is 254 g/mol. The van der Waals surface area contributed by atoms with Gasteiger partial charge in [-0.25, -0.2) is 4.98 Å². The second-order valence-electron chi connectivity index (χ2n) is 5.99. The zero-order chi connectivity index (χ0) is 13.9. The third kappa shape index (κ3) is 3.22. The minimum Gasteiger partial charge on any atom is -0.444 e. The molecule has 1 atom stereocenters. The predicted octanol–water partition coefficient (Wildman–Crippen LogP) is 1.44. The Bertz CT molecular complexity index is 419. The molecule has 5 nitrogen and oxygen atoms in total. The number of piperazine rings is 1. The first-order valence-corrected chi connectivity index (χ1v) is 7.82. The van der Waals surface area contributed by atoms with Crippen molar-refractivity contribution in [3.05, 3.63) is 17.8 Å². The van der Waals surface area contributed by atoms with Gasteiger partial charge in [0.25, 0.3) is 0 Å². The summed E-state index contributed by atoms with van der Waals surface area (Å²) in [5, 5.41) is 9.36. The molecule has 0 amide bonds. The van der Waals surface area contributed by atoms with Crippen LogP contribution in [0.3, 0.4) is 0 Å². The maximum absolute atomic E-state index is 9.36. The minimum absolute atomic E-state index is 0.265. The first-order valence-electron chi connectivity index (χ1n) is 7.82. The molecule has 1 aliphatic heterocycles. The molecule has 0 bridgehead atoms. The van der Waals surface area contributed by atoms with Crippen LogP contribution in [0.15, 0.2) is 10.6 Å². The molecule has 2 heterocycles. The van der Waals surface area contributed by atoms with Gasteiger partial charge in [0.1, 0.15) is 5.76 Å². The maximum atomic E-state index is 9.36. The van der Waals surface area contributed by atoms with Gasteiger partial charge in [-0.2, -0.15) is 0 Å². The lowest BCUT2D eigenvalue weighted by atomic mass is 10.1. The van der Waals surface area contributed by atoms with Gasteiger partial charge >= 0.3 is 0 Å². The highest BCUT2D eigenvalue weighted by Crippen LogP contribution is 2.40. The number of aromatic nitrogens is 1. The Balaban J connectivity index is 1.47. The van der Waals surface area contributed by atoms with E-state index in [1.807, 2.05) is 6.20 Å². The highest BCUT2D eigenvalue weighted by atomic mass is 16.4. The second kappa shape index (κ2) is 6.24. The van der Waals surface area contributed by atoms with Crippen molar-refractivity contribution >= 4 is 0 Å². The molecule has 112 valence electrons. The fourth-order valence-corrected chi connectivity index (χ4v) is 2.93. The van der Waals surface area contributed by atoms with Gasteiger partial charge < -0.3 is 9.52 Å². The summed E-state index contributed by atoms with van der Waals surface area (Å²) < 4.78 is 5.82. The van der Waals surface area contributed by atoms with Gasteiger partial charge in [-0.15, -0.1) is 0 Å². The molecule has 0 aromatic carbocycles. The molecular formula is C15H25N3O2. The number of aliphatic hydroxyl groups is 1. The molecule has 1 saturated heterocycles. The van der Waals surface area contributed by atoms with Crippen LogP contribution in [0.2, 0.25) is 0 Å². The third-order valence-electron chi connectivity index (χ3n) is 4.52. The van der Waals surface area contributed by atoms with Crippen LogP contribution in [0.5, 0.6) is 0 Å². The van der Waals surface area contributed by atoms with Crippen molar-refractivity contribution in [1.82, 2.24) is 14.8 Å². The molecule has 5 heteroatoms. The molecule has 1 aromatic heterocycles. The normalized spacial score (nSPS) is 23.1. The Kier molecular flexibility index (Phi) is 4.38. The lowest BCUT2D eigenvalue weighted by Gasteiger charge is -2.37. The highest BCUT2D eigenvalue weighted by molar-refractivity contribution is 5.08. The standard InChI is InChI=1S/C15H25N3O2/c1-2-13(11-19)18-7-5-17(6-8-18)10-15-16-9-14(20-15)12-3-4-12/h9,12-13,19H,2-8,10-11H2,1H3/t13-/m0/s1. The molecule has 1 saturated carbocycles. The molecule has 1 aromatic rings. The summed E-state index contributed by atoms with van der Waals surface area (Å²) in [7, 11) is 0. The minimum atomic E-state index is 0.265. The molecule has 2 fully saturated rings. The number of nitrogens with zero attached hydrogens (tertiary/aromatic N) is 3. The van der Waals surface area contributed by atoms with Crippen LogP contribution < -0.4 is 0 Å². The summed E-state index contributed by atoms with van der Waals surface area (Å²) in [4.78, 5) is 9.18. The Morgan fingerprint density at radius 3 is 2.70 bits per heavy atom. The summed E-state index contributed by atoms with van der Waals surface area (Å²) in [6, 6.07) is 0.320. The Labute approximate surface area is 120 Å². The summed E-state index contributed by atoms with van der Waals surface area (Å²) in [5.74, 6) is 2.57. The van der Waals surface area contributed by atoms with Crippen molar-refractivity contribution in [2.45, 2.75) is 44.7 Å². The number of hydrogen-bond acceptors (Lipinski definition) is 5. The van der Waals surface area contributed by atoms with E-state index >= 15 is 0 Å². The van der Waals surface area contributed by atoms with Gasteiger partial charge in [-0.1, -0.05) is 6.92 Å². The molecule has 2 aliphatic rings. The van der Waals surface area contributed by atoms with Gasteiger partial charge in [-0.05, 0) is 19.3 Å². The van der Waals surface area contributed by atoms with E-state index in [2.05, 4.69) is 21.7 Å². The monoisotopic (exact) mass is 279 g/mol. The molecule has 0 radical (unpaired) electrons. The zero-order valence-electron chi connectivity index (χ0n) is 12.3. The van der Waals surface area contributed by atoms with E-state index in [0.29, 0.717) is 12.0 Å². The Hall–Kier alpha value is -0.910. The molecule has 0 spiro atoms. The van der Waals surface area contributed by atoms with E-state index < -0.39 is 0 Å². The average molecular weight is 279 g/mol. The quantitative estimate of drug-likeness (QED) is 0.854. The van der Waals surface area contributed by atoms with Crippen LogP contribution in [0.4, 0.5) is 0 Å². The topological polar surface area (TPSA) is 52.7 Å². The van der Waals surface area contributed by atoms with E-state index in [1.165, 1.54) is 12.8 Å². The van der Waals surface area contributed by atoms with Gasteiger partial charge in [0, 0.05) is 38.1 Å². The molecule has 0 unspecified atom stereocenters. The Morgan fingerprint density at radius 2 is 2.10 bits per heavy atom. The van der Waals surface area contributed by atoms with Crippen LogP contribution in [0.1, 0.15) is 43.8 Å². The molecule has 1 aliphatic carbocycles. The van der Waals surface area contributed by atoms with Crippen LogP contribution in [-0.4, -0.2) is 58.7 Å². The fourth-order valence-electron chi connectivity index (χ4n) is 2.93. The maximum Gasteiger partial charge on any atom is 0.208 e. The Morgan fingerprint density at radius 1 is 1.35 bits per heavy atom. The van der Waals surface area contributed by atoms with E-state index in [9.17, 15) is 5.11 Å². The number of rotatable bonds is 6. The lowest BCUT2D eigenvalue weighted by molar-refractivity contribution is 0.0575. The number of aliphatic hydroxyl groups excluding tert-OH is 1. The van der Waals surface area contributed by atoms with Gasteiger partial charge in [0.05, 0.1) is 19.3 Å². The van der Waals surface area contributed by atoms with Crippen LogP contribution >= 0.6 is 0 Å². The fraction of sp³-hybridized carbons (Fsp3) is 0.800. The third-order valence-corrected chi connectivity index (χ3v) is 4.52. The van der Waals surface area contributed by atoms with Gasteiger partial charge in [-0.3, -0.25) is 9.80 Å². The van der Waals surface area contributed by atoms with E-state index in [-0.39, 0.29) is 6.61 Å². The van der Waals surface area contributed by atoms with Gasteiger partial charge in [0.2, 0.25) is 5.89 Å². The van der Waals surface area contributed by atoms with Crippen molar-refractivity contribution in [3.8, 4) is 0 Å². The largest absolute Gasteiger partial charge is 0.444 e. The average Bonchev–Trinajstić information content (AvgIpc) is 3.23.